The third-order valence-corrected chi connectivity index (χ3v) is 6.36. The van der Waals surface area contributed by atoms with Gasteiger partial charge in [0.25, 0.3) is 0 Å². The molecule has 1 saturated carbocycles. The van der Waals surface area contributed by atoms with E-state index in [0.717, 1.165) is 36.1 Å². The van der Waals surface area contributed by atoms with Crippen molar-refractivity contribution in [3.8, 4) is 11.1 Å². The lowest BCUT2D eigenvalue weighted by atomic mass is 9.79. The Hall–Kier alpha value is -2.45. The molecule has 3 heterocycles. The van der Waals surface area contributed by atoms with Crippen LogP contribution in [0, 0.1) is 11.8 Å². The summed E-state index contributed by atoms with van der Waals surface area (Å²) in [6.07, 6.45) is 6.98. The lowest BCUT2D eigenvalue weighted by Gasteiger charge is -2.29. The number of anilines is 1. The Labute approximate surface area is 199 Å². The average molecular weight is 475 g/mol. The minimum Gasteiger partial charge on any atom is -0.460 e. The molecule has 2 aliphatic rings. The van der Waals surface area contributed by atoms with E-state index in [1.54, 1.807) is 18.5 Å². The molecule has 0 spiro atoms. The van der Waals surface area contributed by atoms with Crippen molar-refractivity contribution in [3.05, 3.63) is 29.2 Å². The second-order valence-electron chi connectivity index (χ2n) is 9.84. The number of ether oxygens (including phenoxy) is 2. The van der Waals surface area contributed by atoms with Crippen LogP contribution in [0.25, 0.3) is 11.1 Å². The van der Waals surface area contributed by atoms with Crippen molar-refractivity contribution < 1.29 is 19.1 Å². The SMILES string of the molecule is CC(C)(C)OC(=O)C[C@@H]1CCC[C@H](C(=O)Nc2cc(-c3cnn4c3COCC4)c(Cl)cn2)C1. The highest BCUT2D eigenvalue weighted by atomic mass is 35.5. The Morgan fingerprint density at radius 3 is 2.88 bits per heavy atom. The van der Waals surface area contributed by atoms with Crippen LogP contribution >= 0.6 is 11.6 Å². The fraction of sp³-hybridized carbons (Fsp3) is 0.583. The van der Waals surface area contributed by atoms with Gasteiger partial charge in [-0.2, -0.15) is 5.10 Å². The summed E-state index contributed by atoms with van der Waals surface area (Å²) in [6.45, 7) is 7.40. The van der Waals surface area contributed by atoms with Gasteiger partial charge >= 0.3 is 5.97 Å². The molecule has 0 bridgehead atoms. The lowest BCUT2D eigenvalue weighted by molar-refractivity contribution is -0.156. The van der Waals surface area contributed by atoms with Gasteiger partial charge in [-0.25, -0.2) is 4.98 Å². The summed E-state index contributed by atoms with van der Waals surface area (Å²) in [6, 6.07) is 1.79. The second-order valence-corrected chi connectivity index (χ2v) is 10.2. The smallest absolute Gasteiger partial charge is 0.306 e. The van der Waals surface area contributed by atoms with E-state index in [9.17, 15) is 9.59 Å². The van der Waals surface area contributed by atoms with Crippen molar-refractivity contribution in [1.82, 2.24) is 14.8 Å². The zero-order valence-corrected chi connectivity index (χ0v) is 20.2. The van der Waals surface area contributed by atoms with Crippen LogP contribution in [0.1, 0.15) is 58.6 Å². The molecule has 8 nitrogen and oxygen atoms in total. The first-order chi connectivity index (χ1) is 15.7. The molecule has 33 heavy (non-hydrogen) atoms. The number of carbonyl (C=O) groups excluding carboxylic acids is 2. The van der Waals surface area contributed by atoms with Gasteiger partial charge in [0.15, 0.2) is 0 Å². The van der Waals surface area contributed by atoms with Crippen molar-refractivity contribution in [2.75, 3.05) is 11.9 Å². The quantitative estimate of drug-likeness (QED) is 0.636. The molecule has 1 N–H and O–H groups in total. The molecule has 1 aliphatic carbocycles. The molecule has 0 saturated heterocycles. The molecule has 1 fully saturated rings. The standard InChI is InChI=1S/C24H31ClN4O4/c1-24(2,3)33-22(30)10-15-5-4-6-16(9-15)23(31)28-21-11-17(19(25)13-26-21)18-12-27-29-7-8-32-14-20(18)29/h11-13,15-16H,4-10,14H2,1-3H3,(H,26,28,31)/t15-,16+/m1/s1. The first-order valence-electron chi connectivity index (χ1n) is 11.5. The van der Waals surface area contributed by atoms with E-state index in [2.05, 4.69) is 15.4 Å². The Morgan fingerprint density at radius 1 is 1.27 bits per heavy atom. The highest BCUT2D eigenvalue weighted by molar-refractivity contribution is 6.33. The van der Waals surface area contributed by atoms with Crippen molar-refractivity contribution in [2.45, 2.75) is 71.6 Å². The molecule has 0 unspecified atom stereocenters. The zero-order valence-electron chi connectivity index (χ0n) is 19.4. The Balaban J connectivity index is 1.42. The van der Waals surface area contributed by atoms with Crippen LogP contribution in [0.5, 0.6) is 0 Å². The molecule has 1 amide bonds. The number of hydrogen-bond acceptors (Lipinski definition) is 6. The van der Waals surface area contributed by atoms with Crippen molar-refractivity contribution in [3.63, 3.8) is 0 Å². The van der Waals surface area contributed by atoms with Gasteiger partial charge in [-0.1, -0.05) is 18.0 Å². The number of nitrogens with zero attached hydrogens (tertiary/aromatic N) is 3. The number of esters is 1. The Morgan fingerprint density at radius 2 is 2.09 bits per heavy atom. The van der Waals surface area contributed by atoms with E-state index in [4.69, 9.17) is 21.1 Å². The summed E-state index contributed by atoms with van der Waals surface area (Å²) < 4.78 is 12.9. The summed E-state index contributed by atoms with van der Waals surface area (Å²) in [4.78, 5) is 29.5. The molecule has 0 aromatic carbocycles. The van der Waals surface area contributed by atoms with Gasteiger partial charge in [0, 0.05) is 29.7 Å². The molecular weight excluding hydrogens is 444 g/mol. The van der Waals surface area contributed by atoms with Crippen LogP contribution in [-0.4, -0.2) is 38.8 Å². The maximum Gasteiger partial charge on any atom is 0.306 e. The Kier molecular flexibility index (Phi) is 7.05. The number of halogens is 1. The van der Waals surface area contributed by atoms with Gasteiger partial charge in [0.2, 0.25) is 5.91 Å². The van der Waals surface area contributed by atoms with Gasteiger partial charge in [-0.15, -0.1) is 0 Å². The van der Waals surface area contributed by atoms with Gasteiger partial charge in [0.05, 0.1) is 36.7 Å². The largest absolute Gasteiger partial charge is 0.460 e. The van der Waals surface area contributed by atoms with Crippen molar-refractivity contribution in [2.24, 2.45) is 11.8 Å². The fourth-order valence-corrected chi connectivity index (χ4v) is 4.78. The number of aromatic nitrogens is 3. The van der Waals surface area contributed by atoms with E-state index in [1.807, 2.05) is 25.5 Å². The third kappa shape index (κ3) is 5.92. The summed E-state index contributed by atoms with van der Waals surface area (Å²) in [7, 11) is 0. The first kappa shape index (κ1) is 23.7. The highest BCUT2D eigenvalue weighted by Gasteiger charge is 2.30. The normalized spacial score (nSPS) is 20.7. The van der Waals surface area contributed by atoms with Crippen LogP contribution in [-0.2, 0) is 32.2 Å². The predicted molar refractivity (Wildman–Crippen MR) is 125 cm³/mol. The monoisotopic (exact) mass is 474 g/mol. The van der Waals surface area contributed by atoms with Gasteiger partial charge in [-0.05, 0) is 52.0 Å². The second kappa shape index (κ2) is 9.81. The maximum absolute atomic E-state index is 13.0. The summed E-state index contributed by atoms with van der Waals surface area (Å²) in [5.41, 5.74) is 2.11. The third-order valence-electron chi connectivity index (χ3n) is 6.06. The van der Waals surface area contributed by atoms with Gasteiger partial charge in [-0.3, -0.25) is 14.3 Å². The molecule has 2 aromatic heterocycles. The van der Waals surface area contributed by atoms with Crippen LogP contribution in [0.15, 0.2) is 18.5 Å². The van der Waals surface area contributed by atoms with Gasteiger partial charge in [0.1, 0.15) is 11.4 Å². The molecule has 2 atom stereocenters. The zero-order chi connectivity index (χ0) is 23.6. The average Bonchev–Trinajstić information content (AvgIpc) is 3.18. The molecule has 1 aliphatic heterocycles. The minimum atomic E-state index is -0.498. The number of hydrogen-bond donors (Lipinski definition) is 1. The predicted octanol–water partition coefficient (Wildman–Crippen LogP) is 4.61. The maximum atomic E-state index is 13.0. The summed E-state index contributed by atoms with van der Waals surface area (Å²) in [5, 5.41) is 7.87. The first-order valence-corrected chi connectivity index (χ1v) is 11.9. The van der Waals surface area contributed by atoms with Crippen LogP contribution in [0.3, 0.4) is 0 Å². The lowest BCUT2D eigenvalue weighted by Crippen LogP contribution is -2.31. The molecule has 2 aromatic rings. The molecule has 4 rings (SSSR count). The van der Waals surface area contributed by atoms with Crippen molar-refractivity contribution in [1.29, 1.82) is 0 Å². The number of fused-ring (bicyclic) bond motifs is 1. The molecule has 0 radical (unpaired) electrons. The van der Waals surface area contributed by atoms with Crippen LogP contribution in [0.2, 0.25) is 5.02 Å². The Bertz CT molecular complexity index is 1030. The van der Waals surface area contributed by atoms with E-state index in [0.29, 0.717) is 43.4 Å². The van der Waals surface area contributed by atoms with E-state index < -0.39 is 5.60 Å². The topological polar surface area (TPSA) is 95.3 Å². The van der Waals surface area contributed by atoms with E-state index in [-0.39, 0.29) is 23.7 Å². The minimum absolute atomic E-state index is 0.0787. The van der Waals surface area contributed by atoms with E-state index >= 15 is 0 Å². The molecular formula is C24H31ClN4O4. The number of amides is 1. The summed E-state index contributed by atoms with van der Waals surface area (Å²) >= 11 is 6.43. The van der Waals surface area contributed by atoms with E-state index in [1.165, 1.54) is 0 Å². The molecule has 9 heteroatoms. The number of carbonyl (C=O) groups is 2. The fourth-order valence-electron chi connectivity index (χ4n) is 4.58. The van der Waals surface area contributed by atoms with Crippen LogP contribution < -0.4 is 5.32 Å². The number of pyridine rings is 1. The van der Waals surface area contributed by atoms with Crippen molar-refractivity contribution >= 4 is 29.3 Å². The van der Waals surface area contributed by atoms with Crippen LogP contribution in [0.4, 0.5) is 5.82 Å². The number of rotatable bonds is 5. The number of nitrogens with one attached hydrogen (secondary N) is 1. The summed E-state index contributed by atoms with van der Waals surface area (Å²) in [5.74, 6) is 0.155. The van der Waals surface area contributed by atoms with Gasteiger partial charge < -0.3 is 14.8 Å². The highest BCUT2D eigenvalue weighted by Crippen LogP contribution is 2.35. The molecule has 178 valence electrons.